The van der Waals surface area contributed by atoms with Gasteiger partial charge >= 0.3 is 6.03 Å². The molecule has 2 N–H and O–H groups in total. The number of benzene rings is 1. The quantitative estimate of drug-likeness (QED) is 0.103. The monoisotopic (exact) mass is 800 g/mol. The number of thiophene rings is 1. The van der Waals surface area contributed by atoms with Gasteiger partial charge in [-0.1, -0.05) is 6.07 Å². The van der Waals surface area contributed by atoms with E-state index in [4.69, 9.17) is 28.7 Å². The van der Waals surface area contributed by atoms with Crippen LogP contribution in [0, 0.1) is 5.82 Å². The van der Waals surface area contributed by atoms with Crippen LogP contribution in [0.25, 0.3) is 20.8 Å². The van der Waals surface area contributed by atoms with Crippen molar-refractivity contribution in [2.75, 3.05) is 84.6 Å². The van der Waals surface area contributed by atoms with Crippen molar-refractivity contribution in [2.45, 2.75) is 44.3 Å². The molecule has 4 heterocycles. The highest BCUT2D eigenvalue weighted by Crippen LogP contribution is 2.39. The third kappa shape index (κ3) is 12.3. The van der Waals surface area contributed by atoms with Gasteiger partial charge in [-0.3, -0.25) is 14.9 Å². The average Bonchev–Trinajstić information content (AvgIpc) is 3.86. The molecule has 14 nitrogen and oxygen atoms in total. The number of piperidine rings is 1. The Morgan fingerprint density at radius 3 is 2.31 bits per heavy atom. The molecule has 2 aliphatic rings. The summed E-state index contributed by atoms with van der Waals surface area (Å²) in [5, 5.41) is 5.47. The van der Waals surface area contributed by atoms with Crippen LogP contribution in [0.2, 0.25) is 0 Å². The van der Waals surface area contributed by atoms with Crippen molar-refractivity contribution in [1.29, 1.82) is 0 Å². The summed E-state index contributed by atoms with van der Waals surface area (Å²) in [6, 6.07) is 11.8. The SMILES string of the molecule is COCCOCCOCCOCCN(C1CCN(Cc2ccc(-c3cc4nccc(Oc5ccc(NC(=O)NC6CC6)cc5F)c4s3)nc2)CC1)S(C)(=O)=O. The van der Waals surface area contributed by atoms with Crippen LogP contribution in [0.5, 0.6) is 11.5 Å². The first-order chi connectivity index (χ1) is 26.7. The number of hydrogen-bond acceptors (Lipinski definition) is 12. The standard InChI is InChI=1S/C38H49FN6O8S2/c1-49-17-18-51-21-22-52-20-19-50-16-15-45(55(2,47)48)30-10-13-44(14-11-30)26-27-3-7-32(41-25-27)36-24-33-37(54-36)35(9-12-40-33)53-34-8-6-29(23-31(34)39)43-38(46)42-28-4-5-28/h3,6-9,12,23-25,28,30H,4-5,10-11,13-22,26H2,1-2H3,(H2,42,43,46). The largest absolute Gasteiger partial charge is 0.453 e. The van der Waals surface area contributed by atoms with Gasteiger partial charge in [0.15, 0.2) is 11.6 Å². The Balaban J connectivity index is 0.963. The fourth-order valence-corrected chi connectivity index (χ4v) is 8.43. The number of carbonyl (C=O) groups is 1. The fraction of sp³-hybridized carbons (Fsp3) is 0.500. The smallest absolute Gasteiger partial charge is 0.319 e. The molecule has 1 saturated heterocycles. The van der Waals surface area contributed by atoms with Gasteiger partial charge in [-0.05, 0) is 55.5 Å². The molecule has 0 spiro atoms. The maximum absolute atomic E-state index is 15.0. The van der Waals surface area contributed by atoms with E-state index in [1.165, 1.54) is 29.7 Å². The number of nitrogens with one attached hydrogen (secondary N) is 2. The number of rotatable bonds is 21. The lowest BCUT2D eigenvalue weighted by Crippen LogP contribution is -2.48. The highest BCUT2D eigenvalue weighted by Gasteiger charge is 2.30. The van der Waals surface area contributed by atoms with Gasteiger partial charge in [-0.25, -0.2) is 17.6 Å². The van der Waals surface area contributed by atoms with Crippen LogP contribution >= 0.6 is 11.3 Å². The molecule has 298 valence electrons. The van der Waals surface area contributed by atoms with Crippen LogP contribution in [-0.2, 0) is 35.5 Å². The van der Waals surface area contributed by atoms with E-state index in [1.54, 1.807) is 29.7 Å². The Bertz CT molecular complexity index is 1960. The van der Waals surface area contributed by atoms with E-state index < -0.39 is 15.8 Å². The van der Waals surface area contributed by atoms with E-state index in [2.05, 4.69) is 26.6 Å². The van der Waals surface area contributed by atoms with Crippen molar-refractivity contribution >= 4 is 43.3 Å². The van der Waals surface area contributed by atoms with Crippen LogP contribution in [0.1, 0.15) is 31.2 Å². The summed E-state index contributed by atoms with van der Waals surface area (Å²) < 4.78 is 70.1. The zero-order chi connectivity index (χ0) is 38.6. The van der Waals surface area contributed by atoms with Gasteiger partial charge in [0.2, 0.25) is 10.0 Å². The Kier molecular flexibility index (Phi) is 14.8. The molecule has 0 unspecified atom stereocenters. The molecular formula is C38H49FN6O8S2. The van der Waals surface area contributed by atoms with E-state index in [-0.39, 0.29) is 23.9 Å². The summed E-state index contributed by atoms with van der Waals surface area (Å²) in [4.78, 5) is 24.5. The van der Waals surface area contributed by atoms with Crippen LogP contribution in [0.4, 0.5) is 14.9 Å². The number of likely N-dealkylation sites (tertiary alicyclic amines) is 1. The summed E-state index contributed by atoms with van der Waals surface area (Å²) in [6.45, 7) is 5.66. The van der Waals surface area contributed by atoms with Crippen LogP contribution in [-0.4, -0.2) is 125 Å². The number of aromatic nitrogens is 2. The van der Waals surface area contributed by atoms with Crippen molar-refractivity contribution in [3.8, 4) is 22.1 Å². The van der Waals surface area contributed by atoms with Crippen molar-refractivity contribution < 1.29 is 41.3 Å². The molecule has 55 heavy (non-hydrogen) atoms. The highest BCUT2D eigenvalue weighted by atomic mass is 32.2. The van der Waals surface area contributed by atoms with Crippen molar-refractivity contribution in [3.63, 3.8) is 0 Å². The predicted octanol–water partition coefficient (Wildman–Crippen LogP) is 5.50. The van der Waals surface area contributed by atoms with Gasteiger partial charge < -0.3 is 34.3 Å². The molecule has 0 radical (unpaired) electrons. The average molecular weight is 801 g/mol. The van der Waals surface area contributed by atoms with Gasteiger partial charge in [0.1, 0.15) is 5.75 Å². The predicted molar refractivity (Wildman–Crippen MR) is 209 cm³/mol. The Labute approximate surface area is 325 Å². The van der Waals surface area contributed by atoms with Crippen molar-refractivity contribution in [1.82, 2.24) is 24.5 Å². The molecule has 6 rings (SSSR count). The second-order valence-corrected chi connectivity index (χ2v) is 16.5. The molecule has 0 bridgehead atoms. The summed E-state index contributed by atoms with van der Waals surface area (Å²) in [5.41, 5.74) is 2.89. The lowest BCUT2D eigenvalue weighted by Gasteiger charge is -2.37. The van der Waals surface area contributed by atoms with Crippen LogP contribution in [0.15, 0.2) is 54.9 Å². The maximum atomic E-state index is 15.0. The van der Waals surface area contributed by atoms with E-state index in [9.17, 15) is 13.2 Å². The number of carbonyl (C=O) groups excluding carboxylic acids is 1. The van der Waals surface area contributed by atoms with E-state index >= 15 is 4.39 Å². The second kappa shape index (κ2) is 19.9. The molecular weight excluding hydrogens is 752 g/mol. The van der Waals surface area contributed by atoms with E-state index in [1.807, 2.05) is 18.3 Å². The Morgan fingerprint density at radius 1 is 0.927 bits per heavy atom. The van der Waals surface area contributed by atoms with Gasteiger partial charge in [-0.15, -0.1) is 11.3 Å². The minimum atomic E-state index is -3.40. The molecule has 17 heteroatoms. The molecule has 2 amide bonds. The molecule has 0 atom stereocenters. The lowest BCUT2D eigenvalue weighted by atomic mass is 10.0. The van der Waals surface area contributed by atoms with Crippen LogP contribution < -0.4 is 15.4 Å². The van der Waals surface area contributed by atoms with Crippen molar-refractivity contribution in [2.24, 2.45) is 0 Å². The highest BCUT2D eigenvalue weighted by molar-refractivity contribution is 7.88. The number of methoxy groups -OCH3 is 1. The number of anilines is 1. The Morgan fingerprint density at radius 2 is 1.65 bits per heavy atom. The number of hydrogen-bond donors (Lipinski definition) is 2. The first kappa shape index (κ1) is 40.8. The third-order valence-corrected chi connectivity index (χ3v) is 11.7. The van der Waals surface area contributed by atoms with Gasteiger partial charge in [-0.2, -0.15) is 4.31 Å². The Hall–Kier alpha value is -3.81. The third-order valence-electron chi connectivity index (χ3n) is 9.20. The molecule has 3 aromatic heterocycles. The minimum Gasteiger partial charge on any atom is -0.453 e. The molecule has 4 aromatic rings. The molecule has 1 aliphatic carbocycles. The zero-order valence-electron chi connectivity index (χ0n) is 31.2. The number of amides is 2. The first-order valence-corrected chi connectivity index (χ1v) is 21.1. The number of pyridine rings is 2. The fourth-order valence-electron chi connectivity index (χ4n) is 6.23. The van der Waals surface area contributed by atoms with Gasteiger partial charge in [0, 0.05) is 75.6 Å². The van der Waals surface area contributed by atoms with Gasteiger partial charge in [0.05, 0.1) is 73.3 Å². The van der Waals surface area contributed by atoms with Crippen molar-refractivity contribution in [3.05, 3.63) is 66.2 Å². The second-order valence-electron chi connectivity index (χ2n) is 13.5. The van der Waals surface area contributed by atoms with E-state index in [0.29, 0.717) is 76.3 Å². The molecule has 2 fully saturated rings. The lowest BCUT2D eigenvalue weighted by molar-refractivity contribution is 0.00166. The molecule has 1 aromatic carbocycles. The summed E-state index contributed by atoms with van der Waals surface area (Å²) in [6.07, 6.45) is 8.12. The van der Waals surface area contributed by atoms with E-state index in [0.717, 1.165) is 59.6 Å². The minimum absolute atomic E-state index is 0.0360. The number of ether oxygens (including phenoxy) is 5. The summed E-state index contributed by atoms with van der Waals surface area (Å²) >= 11 is 1.46. The number of sulfonamides is 1. The summed E-state index contributed by atoms with van der Waals surface area (Å²) in [7, 11) is -1.77. The van der Waals surface area contributed by atoms with Crippen LogP contribution in [0.3, 0.4) is 0 Å². The number of halogens is 1. The zero-order valence-corrected chi connectivity index (χ0v) is 32.8. The first-order valence-electron chi connectivity index (χ1n) is 18.5. The topological polar surface area (TPSA) is 154 Å². The van der Waals surface area contributed by atoms with Gasteiger partial charge in [0.25, 0.3) is 0 Å². The normalized spacial score (nSPS) is 15.5. The number of nitrogens with zero attached hydrogens (tertiary/aromatic N) is 4. The maximum Gasteiger partial charge on any atom is 0.319 e. The summed E-state index contributed by atoms with van der Waals surface area (Å²) in [5.74, 6) is -0.0937. The number of urea groups is 1. The molecule has 1 saturated carbocycles. The molecule has 1 aliphatic heterocycles. The number of fused-ring (bicyclic) bond motifs is 1.